The molecule has 0 aromatic heterocycles. The maximum atomic E-state index is 13.7. The molecule has 0 saturated heterocycles. The van der Waals surface area contributed by atoms with Gasteiger partial charge in [-0.15, -0.1) is 0 Å². The van der Waals surface area contributed by atoms with E-state index in [1.807, 2.05) is 0 Å². The molecule has 0 heterocycles. The Morgan fingerprint density at radius 1 is 1.20 bits per heavy atom. The summed E-state index contributed by atoms with van der Waals surface area (Å²) in [7, 11) is 1.31. The van der Waals surface area contributed by atoms with Gasteiger partial charge >= 0.3 is 0 Å². The Kier molecular flexibility index (Phi) is 6.50. The molecular formula is C17H12Cl2F2N2O2. The number of amides is 1. The van der Waals surface area contributed by atoms with Crippen LogP contribution in [0.5, 0.6) is 0 Å². The molecule has 0 aliphatic carbocycles. The number of carbonyl (C=O) groups excluding carboxylic acids is 1. The number of benzene rings is 2. The van der Waals surface area contributed by atoms with E-state index in [4.69, 9.17) is 23.2 Å². The summed E-state index contributed by atoms with van der Waals surface area (Å²) in [5, 5.41) is 6.62. The largest absolute Gasteiger partial charge is 0.399 e. The third kappa shape index (κ3) is 5.27. The van der Waals surface area contributed by atoms with Crippen LogP contribution in [-0.4, -0.2) is 19.2 Å². The fourth-order valence-corrected chi connectivity index (χ4v) is 2.31. The van der Waals surface area contributed by atoms with Crippen molar-refractivity contribution < 1.29 is 18.4 Å². The quantitative estimate of drug-likeness (QED) is 0.451. The molecule has 0 fully saturated rings. The van der Waals surface area contributed by atoms with Crippen LogP contribution in [0.2, 0.25) is 10.0 Å². The summed E-state index contributed by atoms with van der Waals surface area (Å²) >= 11 is 11.9. The van der Waals surface area contributed by atoms with Crippen molar-refractivity contribution in [2.45, 2.75) is 0 Å². The molecule has 8 heteroatoms. The van der Waals surface area contributed by atoms with Crippen molar-refractivity contribution in [2.75, 3.05) is 12.4 Å². The molecule has 2 rings (SSSR count). The number of anilines is 1. The van der Waals surface area contributed by atoms with Gasteiger partial charge in [0.1, 0.15) is 18.7 Å². The van der Waals surface area contributed by atoms with Crippen LogP contribution >= 0.6 is 23.2 Å². The highest BCUT2D eigenvalue weighted by atomic mass is 35.5. The zero-order chi connectivity index (χ0) is 18.4. The number of nitrogens with zero attached hydrogens (tertiary/aromatic N) is 1. The summed E-state index contributed by atoms with van der Waals surface area (Å²) in [6.07, 6.45) is 2.57. The normalized spacial score (nSPS) is 11.6. The Labute approximate surface area is 152 Å². The molecule has 2 aromatic rings. The van der Waals surface area contributed by atoms with Crippen molar-refractivity contribution in [2.24, 2.45) is 5.16 Å². The van der Waals surface area contributed by atoms with Crippen LogP contribution in [0.15, 0.2) is 47.1 Å². The third-order valence-electron chi connectivity index (χ3n) is 3.01. The van der Waals surface area contributed by atoms with E-state index in [0.717, 1.165) is 18.3 Å². The van der Waals surface area contributed by atoms with Crippen molar-refractivity contribution >= 4 is 47.1 Å². The van der Waals surface area contributed by atoms with Crippen LogP contribution in [0.3, 0.4) is 0 Å². The highest BCUT2D eigenvalue weighted by Gasteiger charge is 2.13. The van der Waals surface area contributed by atoms with Crippen LogP contribution in [0.4, 0.5) is 14.5 Å². The average molecular weight is 385 g/mol. The molecule has 0 saturated carbocycles. The van der Waals surface area contributed by atoms with E-state index in [0.29, 0.717) is 21.7 Å². The van der Waals surface area contributed by atoms with Crippen molar-refractivity contribution in [3.05, 3.63) is 69.2 Å². The Hall–Kier alpha value is -2.44. The smallest absolute Gasteiger partial charge is 0.257 e. The predicted octanol–water partition coefficient (Wildman–Crippen LogP) is 4.93. The molecule has 1 amide bonds. The molecular weight excluding hydrogens is 373 g/mol. The number of nitrogens with one attached hydrogen (secondary N) is 1. The zero-order valence-electron chi connectivity index (χ0n) is 12.9. The number of hydrogen-bond acceptors (Lipinski definition) is 3. The first kappa shape index (κ1) is 18.9. The lowest BCUT2D eigenvalue weighted by molar-refractivity contribution is -0.112. The van der Waals surface area contributed by atoms with Gasteiger partial charge in [-0.2, -0.15) is 0 Å². The maximum Gasteiger partial charge on any atom is 0.257 e. The fourth-order valence-electron chi connectivity index (χ4n) is 1.84. The first-order valence-electron chi connectivity index (χ1n) is 6.90. The number of oxime groups is 1. The molecule has 0 radical (unpaired) electrons. The molecule has 0 aliphatic rings. The predicted molar refractivity (Wildman–Crippen MR) is 94.9 cm³/mol. The van der Waals surface area contributed by atoms with Gasteiger partial charge in [0.15, 0.2) is 0 Å². The van der Waals surface area contributed by atoms with E-state index < -0.39 is 17.5 Å². The summed E-state index contributed by atoms with van der Waals surface area (Å²) in [6, 6.07) is 7.53. The Morgan fingerprint density at radius 2 is 1.96 bits per heavy atom. The van der Waals surface area contributed by atoms with Gasteiger partial charge in [-0.25, -0.2) is 8.78 Å². The van der Waals surface area contributed by atoms with Gasteiger partial charge in [-0.05, 0) is 35.9 Å². The molecule has 130 valence electrons. The van der Waals surface area contributed by atoms with Gasteiger partial charge < -0.3 is 10.2 Å². The monoisotopic (exact) mass is 384 g/mol. The summed E-state index contributed by atoms with van der Waals surface area (Å²) in [4.78, 5) is 17.0. The number of halogens is 4. The van der Waals surface area contributed by atoms with Crippen LogP contribution in [0.1, 0.15) is 5.56 Å². The molecule has 25 heavy (non-hydrogen) atoms. The molecule has 0 spiro atoms. The second kappa shape index (κ2) is 8.60. The third-order valence-corrected chi connectivity index (χ3v) is 3.57. The molecule has 2 aromatic carbocycles. The Balaban J connectivity index is 2.34. The lowest BCUT2D eigenvalue weighted by atomic mass is 10.1. The Morgan fingerprint density at radius 3 is 2.60 bits per heavy atom. The zero-order valence-corrected chi connectivity index (χ0v) is 14.4. The van der Waals surface area contributed by atoms with E-state index in [-0.39, 0.29) is 11.3 Å². The maximum absolute atomic E-state index is 13.7. The van der Waals surface area contributed by atoms with Gasteiger partial charge in [0.2, 0.25) is 0 Å². The first-order chi connectivity index (χ1) is 11.9. The van der Waals surface area contributed by atoms with Crippen molar-refractivity contribution in [1.29, 1.82) is 0 Å². The second-order valence-electron chi connectivity index (χ2n) is 4.76. The van der Waals surface area contributed by atoms with Gasteiger partial charge in [0.25, 0.3) is 5.91 Å². The molecule has 4 nitrogen and oxygen atoms in total. The van der Waals surface area contributed by atoms with Crippen molar-refractivity contribution in [3.8, 4) is 0 Å². The summed E-state index contributed by atoms with van der Waals surface area (Å²) < 4.78 is 26.6. The number of carbonyl (C=O) groups is 1. The van der Waals surface area contributed by atoms with Gasteiger partial charge in [0.05, 0.1) is 17.5 Å². The van der Waals surface area contributed by atoms with Gasteiger partial charge in [-0.3, -0.25) is 4.79 Å². The van der Waals surface area contributed by atoms with E-state index in [2.05, 4.69) is 15.3 Å². The number of rotatable bonds is 5. The molecule has 0 aliphatic heterocycles. The summed E-state index contributed by atoms with van der Waals surface area (Å²) in [5.41, 5.74) is 0.360. The SMILES string of the molecule is CON=CC(=Cc1ccc(Cl)cc1Cl)C(=O)Nc1ccc(F)cc1F. The highest BCUT2D eigenvalue weighted by molar-refractivity contribution is 6.35. The summed E-state index contributed by atoms with van der Waals surface area (Å²) in [6.45, 7) is 0. The van der Waals surface area contributed by atoms with Crippen LogP contribution in [0.25, 0.3) is 6.08 Å². The van der Waals surface area contributed by atoms with E-state index in [9.17, 15) is 13.6 Å². The summed E-state index contributed by atoms with van der Waals surface area (Å²) in [5.74, 6) is -2.33. The molecule has 0 atom stereocenters. The van der Waals surface area contributed by atoms with E-state index in [1.165, 1.54) is 19.3 Å². The standard InChI is InChI=1S/C17H12Cl2F2N2O2/c1-25-22-9-11(6-10-2-3-12(18)7-14(10)19)17(24)23-16-5-4-13(20)8-15(16)21/h2-9H,1H3,(H,23,24). The highest BCUT2D eigenvalue weighted by Crippen LogP contribution is 2.23. The van der Waals surface area contributed by atoms with Gasteiger partial charge in [0, 0.05) is 16.1 Å². The van der Waals surface area contributed by atoms with E-state index in [1.54, 1.807) is 12.1 Å². The minimum Gasteiger partial charge on any atom is -0.399 e. The van der Waals surface area contributed by atoms with E-state index >= 15 is 0 Å². The van der Waals surface area contributed by atoms with Crippen molar-refractivity contribution in [3.63, 3.8) is 0 Å². The van der Waals surface area contributed by atoms with Crippen LogP contribution < -0.4 is 5.32 Å². The lowest BCUT2D eigenvalue weighted by Crippen LogP contribution is -2.16. The molecule has 1 N–H and O–H groups in total. The lowest BCUT2D eigenvalue weighted by Gasteiger charge is -2.08. The van der Waals surface area contributed by atoms with Crippen LogP contribution in [-0.2, 0) is 9.63 Å². The first-order valence-corrected chi connectivity index (χ1v) is 7.66. The second-order valence-corrected chi connectivity index (χ2v) is 5.60. The topological polar surface area (TPSA) is 50.7 Å². The minimum atomic E-state index is -0.902. The average Bonchev–Trinajstić information content (AvgIpc) is 2.55. The minimum absolute atomic E-state index is 0.0368. The van der Waals surface area contributed by atoms with Crippen LogP contribution in [0, 0.1) is 11.6 Å². The molecule has 0 unspecified atom stereocenters. The number of hydrogen-bond donors (Lipinski definition) is 1. The van der Waals surface area contributed by atoms with Gasteiger partial charge in [-0.1, -0.05) is 34.4 Å². The molecule has 0 bridgehead atoms. The van der Waals surface area contributed by atoms with Crippen molar-refractivity contribution in [1.82, 2.24) is 0 Å². The fraction of sp³-hybridized carbons (Fsp3) is 0.0588. The Bertz CT molecular complexity index is 855.